The van der Waals surface area contributed by atoms with Crippen LogP contribution in [-0.4, -0.2) is 23.1 Å². The summed E-state index contributed by atoms with van der Waals surface area (Å²) in [6.07, 6.45) is 0.988. The minimum Gasteiger partial charge on any atom is -0.463 e. The zero-order chi connectivity index (χ0) is 11.7. The van der Waals surface area contributed by atoms with Crippen molar-refractivity contribution in [1.82, 2.24) is 4.90 Å². The van der Waals surface area contributed by atoms with Crippen LogP contribution >= 0.6 is 11.8 Å². The van der Waals surface area contributed by atoms with Crippen LogP contribution in [0.3, 0.4) is 0 Å². The number of furan rings is 1. The fourth-order valence-electron chi connectivity index (χ4n) is 1.90. The van der Waals surface area contributed by atoms with Crippen LogP contribution < -0.4 is 0 Å². The van der Waals surface area contributed by atoms with E-state index in [1.54, 1.807) is 11.8 Å². The molecule has 2 heterocycles. The van der Waals surface area contributed by atoms with E-state index in [4.69, 9.17) is 4.42 Å². The van der Waals surface area contributed by atoms with Gasteiger partial charge in [-0.15, -0.1) is 11.8 Å². The van der Waals surface area contributed by atoms with Crippen LogP contribution in [0.15, 0.2) is 10.5 Å². The van der Waals surface area contributed by atoms with Gasteiger partial charge in [0.05, 0.1) is 5.75 Å². The maximum atomic E-state index is 11.7. The van der Waals surface area contributed by atoms with E-state index in [0.29, 0.717) is 5.75 Å². The molecule has 3 nitrogen and oxygen atoms in total. The Labute approximate surface area is 100 Å². The van der Waals surface area contributed by atoms with Gasteiger partial charge in [0.2, 0.25) is 5.91 Å². The lowest BCUT2D eigenvalue weighted by molar-refractivity contribution is -0.128. The van der Waals surface area contributed by atoms with Gasteiger partial charge >= 0.3 is 0 Å². The predicted octanol–water partition coefficient (Wildman–Crippen LogP) is 2.88. The Morgan fingerprint density at radius 1 is 1.56 bits per heavy atom. The van der Waals surface area contributed by atoms with Crippen LogP contribution in [-0.2, 0) is 4.79 Å². The Kier molecular flexibility index (Phi) is 3.28. The number of hydrogen-bond donors (Lipinski definition) is 0. The van der Waals surface area contributed by atoms with Crippen molar-refractivity contribution in [3.8, 4) is 0 Å². The molecular formula is C12H17NO2S. The zero-order valence-corrected chi connectivity index (χ0v) is 10.8. The molecule has 2 rings (SSSR count). The van der Waals surface area contributed by atoms with Crippen molar-refractivity contribution in [2.45, 2.75) is 32.6 Å². The topological polar surface area (TPSA) is 33.5 Å². The summed E-state index contributed by atoms with van der Waals surface area (Å²) in [6.45, 7) is 6.90. The number of rotatable bonds is 3. The molecule has 1 saturated heterocycles. The third kappa shape index (κ3) is 1.98. The highest BCUT2D eigenvalue weighted by Crippen LogP contribution is 2.39. The molecule has 0 saturated carbocycles. The number of nitrogens with zero attached hydrogens (tertiary/aromatic N) is 1. The molecule has 1 unspecified atom stereocenters. The number of aryl methyl sites for hydroxylation is 2. The molecule has 0 aliphatic carbocycles. The highest BCUT2D eigenvalue weighted by molar-refractivity contribution is 8.00. The average Bonchev–Trinajstić information content (AvgIpc) is 2.74. The maximum Gasteiger partial charge on any atom is 0.233 e. The molecule has 1 aromatic heterocycles. The largest absolute Gasteiger partial charge is 0.463 e. The van der Waals surface area contributed by atoms with E-state index < -0.39 is 0 Å². The van der Waals surface area contributed by atoms with Crippen LogP contribution in [0.1, 0.15) is 35.8 Å². The van der Waals surface area contributed by atoms with Gasteiger partial charge in [-0.05, 0) is 31.9 Å². The molecule has 0 N–H and O–H groups in total. The Hall–Kier alpha value is -0.900. The molecule has 1 aliphatic heterocycles. The van der Waals surface area contributed by atoms with Gasteiger partial charge in [0.1, 0.15) is 16.9 Å². The first-order chi connectivity index (χ1) is 7.63. The van der Waals surface area contributed by atoms with Crippen molar-refractivity contribution in [1.29, 1.82) is 0 Å². The summed E-state index contributed by atoms with van der Waals surface area (Å²) in [7, 11) is 0. The first kappa shape index (κ1) is 11.6. The van der Waals surface area contributed by atoms with Gasteiger partial charge in [-0.3, -0.25) is 4.79 Å². The van der Waals surface area contributed by atoms with E-state index in [9.17, 15) is 4.79 Å². The molecule has 0 spiro atoms. The summed E-state index contributed by atoms with van der Waals surface area (Å²) in [5.41, 5.74) is 1.16. The summed E-state index contributed by atoms with van der Waals surface area (Å²) >= 11 is 1.66. The van der Waals surface area contributed by atoms with Gasteiger partial charge in [-0.1, -0.05) is 6.92 Å². The lowest BCUT2D eigenvalue weighted by Gasteiger charge is -2.21. The third-order valence-corrected chi connectivity index (χ3v) is 4.08. The number of thioether (sulfide) groups is 1. The first-order valence-electron chi connectivity index (χ1n) is 5.61. The molecule has 4 heteroatoms. The van der Waals surface area contributed by atoms with Crippen molar-refractivity contribution in [3.63, 3.8) is 0 Å². The lowest BCUT2D eigenvalue weighted by Crippen LogP contribution is -2.28. The quantitative estimate of drug-likeness (QED) is 0.813. The van der Waals surface area contributed by atoms with E-state index in [-0.39, 0.29) is 11.3 Å². The molecule has 1 fully saturated rings. The lowest BCUT2D eigenvalue weighted by atomic mass is 10.2. The minimum atomic E-state index is 0.0832. The van der Waals surface area contributed by atoms with Crippen LogP contribution in [0.5, 0.6) is 0 Å². The SMILES string of the molecule is CCCN1C(=O)CSC1c1cc(C)c(C)o1. The van der Waals surface area contributed by atoms with Crippen molar-refractivity contribution in [2.24, 2.45) is 0 Å². The number of amides is 1. The van der Waals surface area contributed by atoms with Gasteiger partial charge in [0, 0.05) is 6.54 Å². The van der Waals surface area contributed by atoms with Crippen molar-refractivity contribution in [3.05, 3.63) is 23.2 Å². The number of carbonyl (C=O) groups is 1. The van der Waals surface area contributed by atoms with Crippen LogP contribution in [0.4, 0.5) is 0 Å². The Morgan fingerprint density at radius 2 is 2.31 bits per heavy atom. The summed E-state index contributed by atoms with van der Waals surface area (Å²) in [5, 5.41) is 0.0832. The second kappa shape index (κ2) is 4.53. The van der Waals surface area contributed by atoms with Gasteiger partial charge in [-0.25, -0.2) is 0 Å². The molecule has 1 atom stereocenters. The van der Waals surface area contributed by atoms with E-state index in [1.807, 2.05) is 24.8 Å². The molecule has 1 aliphatic rings. The number of carbonyl (C=O) groups excluding carboxylic acids is 1. The predicted molar refractivity (Wildman–Crippen MR) is 65.4 cm³/mol. The Balaban J connectivity index is 2.22. The molecule has 1 amide bonds. The smallest absolute Gasteiger partial charge is 0.233 e. The van der Waals surface area contributed by atoms with E-state index in [2.05, 4.69) is 6.92 Å². The fraction of sp³-hybridized carbons (Fsp3) is 0.583. The first-order valence-corrected chi connectivity index (χ1v) is 6.66. The highest BCUT2D eigenvalue weighted by atomic mass is 32.2. The van der Waals surface area contributed by atoms with Gasteiger partial charge < -0.3 is 9.32 Å². The van der Waals surface area contributed by atoms with Crippen LogP contribution in [0.2, 0.25) is 0 Å². The van der Waals surface area contributed by atoms with Crippen molar-refractivity contribution in [2.75, 3.05) is 12.3 Å². The Bertz CT molecular complexity index is 380. The molecule has 16 heavy (non-hydrogen) atoms. The van der Waals surface area contributed by atoms with Crippen LogP contribution in [0.25, 0.3) is 0 Å². The van der Waals surface area contributed by atoms with Gasteiger partial charge in [0.15, 0.2) is 0 Å². The maximum absolute atomic E-state index is 11.7. The van der Waals surface area contributed by atoms with E-state index in [0.717, 1.165) is 30.0 Å². The molecule has 88 valence electrons. The van der Waals surface area contributed by atoms with Gasteiger partial charge in [-0.2, -0.15) is 0 Å². The summed E-state index contributed by atoms with van der Waals surface area (Å²) in [5.74, 6) is 2.66. The summed E-state index contributed by atoms with van der Waals surface area (Å²) in [6, 6.07) is 2.05. The molecule has 0 bridgehead atoms. The summed E-state index contributed by atoms with van der Waals surface area (Å²) in [4.78, 5) is 13.6. The van der Waals surface area contributed by atoms with Gasteiger partial charge in [0.25, 0.3) is 0 Å². The molecular weight excluding hydrogens is 222 g/mol. The second-order valence-corrected chi connectivity index (χ2v) is 5.21. The highest BCUT2D eigenvalue weighted by Gasteiger charge is 2.34. The molecule has 0 radical (unpaired) electrons. The van der Waals surface area contributed by atoms with E-state index >= 15 is 0 Å². The molecule has 0 aromatic carbocycles. The van der Waals surface area contributed by atoms with E-state index in [1.165, 1.54) is 0 Å². The monoisotopic (exact) mass is 239 g/mol. The van der Waals surface area contributed by atoms with Crippen molar-refractivity contribution < 1.29 is 9.21 Å². The molecule has 1 aromatic rings. The van der Waals surface area contributed by atoms with Crippen molar-refractivity contribution >= 4 is 17.7 Å². The Morgan fingerprint density at radius 3 is 2.88 bits per heavy atom. The standard InChI is InChI=1S/C12H17NO2S/c1-4-5-13-11(14)7-16-12(13)10-6-8(2)9(3)15-10/h6,12H,4-5,7H2,1-3H3. The average molecular weight is 239 g/mol. The fourth-order valence-corrected chi connectivity index (χ4v) is 3.05. The van der Waals surface area contributed by atoms with Crippen LogP contribution in [0, 0.1) is 13.8 Å². The second-order valence-electron chi connectivity index (χ2n) is 4.14. The third-order valence-electron chi connectivity index (χ3n) is 2.86. The number of hydrogen-bond acceptors (Lipinski definition) is 3. The minimum absolute atomic E-state index is 0.0832. The normalized spacial score (nSPS) is 20.8. The summed E-state index contributed by atoms with van der Waals surface area (Å²) < 4.78 is 5.71. The zero-order valence-electron chi connectivity index (χ0n) is 9.95.